The second kappa shape index (κ2) is 10.3. The maximum absolute atomic E-state index is 13.3. The zero-order valence-electron chi connectivity index (χ0n) is 21.9. The summed E-state index contributed by atoms with van der Waals surface area (Å²) < 4.78 is 4.41. The third-order valence-electron chi connectivity index (χ3n) is 7.31. The van der Waals surface area contributed by atoms with E-state index in [4.69, 9.17) is 28.8 Å². The second-order valence-corrected chi connectivity index (χ2v) is 10.4. The van der Waals surface area contributed by atoms with Crippen molar-refractivity contribution in [1.82, 2.24) is 23.6 Å². The number of thiocarbonyl (C=S) groups is 1. The number of nitrogens with zero attached hydrogens (tertiary/aromatic N) is 6. The molecule has 9 nitrogen and oxygen atoms in total. The van der Waals surface area contributed by atoms with Gasteiger partial charge in [-0.15, -0.1) is 0 Å². The van der Waals surface area contributed by atoms with E-state index in [1.54, 1.807) is 7.05 Å². The Bertz CT molecular complexity index is 1660. The highest BCUT2D eigenvalue weighted by atomic mass is 35.5. The average Bonchev–Trinajstić information content (AvgIpc) is 3.29. The smallest absolute Gasteiger partial charge is 0.332 e. The number of imidazole rings is 1. The minimum Gasteiger partial charge on any atom is -0.345 e. The normalized spacial score (nSPS) is 13.8. The van der Waals surface area contributed by atoms with Crippen LogP contribution in [0, 0.1) is 13.8 Å². The molecule has 5 rings (SSSR count). The van der Waals surface area contributed by atoms with Gasteiger partial charge in [0.1, 0.15) is 0 Å². The average molecular weight is 552 g/mol. The van der Waals surface area contributed by atoms with Gasteiger partial charge in [0, 0.05) is 51.0 Å². The Morgan fingerprint density at radius 1 is 1.00 bits per heavy atom. The van der Waals surface area contributed by atoms with E-state index >= 15 is 0 Å². The van der Waals surface area contributed by atoms with Gasteiger partial charge in [-0.1, -0.05) is 41.9 Å². The molecule has 2 aromatic heterocycles. The Morgan fingerprint density at radius 2 is 1.71 bits per heavy atom. The number of halogens is 1. The largest absolute Gasteiger partial charge is 0.345 e. The monoisotopic (exact) mass is 551 g/mol. The van der Waals surface area contributed by atoms with Gasteiger partial charge in [0.2, 0.25) is 5.95 Å². The van der Waals surface area contributed by atoms with Gasteiger partial charge in [-0.3, -0.25) is 18.5 Å². The summed E-state index contributed by atoms with van der Waals surface area (Å²) in [5, 5.41) is 4.68. The van der Waals surface area contributed by atoms with E-state index in [1.807, 2.05) is 41.0 Å². The molecule has 198 valence electrons. The molecule has 0 radical (unpaired) electrons. The highest BCUT2D eigenvalue weighted by molar-refractivity contribution is 7.80. The van der Waals surface area contributed by atoms with Crippen LogP contribution in [0.1, 0.15) is 16.7 Å². The molecule has 0 atom stereocenters. The van der Waals surface area contributed by atoms with Gasteiger partial charge in [0.15, 0.2) is 16.3 Å². The van der Waals surface area contributed by atoms with E-state index in [0.29, 0.717) is 60.0 Å². The molecule has 1 N–H and O–H groups in total. The van der Waals surface area contributed by atoms with Crippen molar-refractivity contribution in [2.24, 2.45) is 14.1 Å². The van der Waals surface area contributed by atoms with Gasteiger partial charge in [-0.05, 0) is 54.9 Å². The van der Waals surface area contributed by atoms with E-state index in [1.165, 1.54) is 22.7 Å². The first-order valence-electron chi connectivity index (χ1n) is 12.4. The molecular formula is C27H30ClN7O2S. The molecule has 1 aliphatic heterocycles. The molecule has 38 heavy (non-hydrogen) atoms. The Morgan fingerprint density at radius 3 is 2.42 bits per heavy atom. The Labute approximate surface area is 230 Å². The highest BCUT2D eigenvalue weighted by Gasteiger charge is 2.27. The van der Waals surface area contributed by atoms with Crippen LogP contribution in [0.4, 0.5) is 11.6 Å². The third kappa shape index (κ3) is 4.58. The van der Waals surface area contributed by atoms with Crippen molar-refractivity contribution in [2.45, 2.75) is 20.4 Å². The Balaban J connectivity index is 1.46. The summed E-state index contributed by atoms with van der Waals surface area (Å²) in [7, 11) is 3.12. The fraction of sp³-hybridized carbons (Fsp3) is 0.333. The molecule has 0 amide bonds. The number of rotatable bonds is 4. The van der Waals surface area contributed by atoms with Crippen LogP contribution in [0.25, 0.3) is 11.2 Å². The van der Waals surface area contributed by atoms with Crippen molar-refractivity contribution in [2.75, 3.05) is 36.4 Å². The molecule has 0 spiro atoms. The van der Waals surface area contributed by atoms with Gasteiger partial charge >= 0.3 is 5.69 Å². The number of benzene rings is 2. The third-order valence-corrected chi connectivity index (χ3v) is 8.04. The Hall–Kier alpha value is -3.63. The van der Waals surface area contributed by atoms with E-state index in [9.17, 15) is 9.59 Å². The lowest BCUT2D eigenvalue weighted by molar-refractivity contribution is 0.386. The number of anilines is 2. The molecule has 1 saturated heterocycles. The van der Waals surface area contributed by atoms with Crippen molar-refractivity contribution in [3.05, 3.63) is 85.0 Å². The van der Waals surface area contributed by atoms with E-state index in [-0.39, 0.29) is 5.56 Å². The fourth-order valence-electron chi connectivity index (χ4n) is 4.81. The number of hydrogen-bond acceptors (Lipinski definition) is 5. The van der Waals surface area contributed by atoms with Crippen LogP contribution >= 0.6 is 23.8 Å². The van der Waals surface area contributed by atoms with Gasteiger partial charge < -0.3 is 15.1 Å². The minimum atomic E-state index is -0.413. The minimum absolute atomic E-state index is 0.353. The topological polar surface area (TPSA) is 80.3 Å². The standard InChI is InChI=1S/C27H30ClN7O2S/c1-17-8-7-11-21(18(17)2)29-26(38)34-14-12-33(13-15-34)25-30-23-22(24(36)32(4)27(37)31(23)3)35(25)16-19-9-5-6-10-20(19)28/h5-11H,12-16H2,1-4H3,(H,29,38). The fourth-order valence-corrected chi connectivity index (χ4v) is 5.30. The van der Waals surface area contributed by atoms with Crippen LogP contribution in [0.5, 0.6) is 0 Å². The van der Waals surface area contributed by atoms with E-state index < -0.39 is 5.69 Å². The number of aromatic nitrogens is 4. The number of hydrogen-bond donors (Lipinski definition) is 1. The van der Waals surface area contributed by atoms with Crippen LogP contribution < -0.4 is 21.5 Å². The molecule has 1 aliphatic rings. The highest BCUT2D eigenvalue weighted by Crippen LogP contribution is 2.25. The van der Waals surface area contributed by atoms with Gasteiger partial charge in [-0.2, -0.15) is 4.98 Å². The van der Waals surface area contributed by atoms with Crippen LogP contribution in [0.2, 0.25) is 5.02 Å². The summed E-state index contributed by atoms with van der Waals surface area (Å²) in [5.41, 5.74) is 4.19. The summed E-state index contributed by atoms with van der Waals surface area (Å²) in [6.07, 6.45) is 0. The zero-order chi connectivity index (χ0) is 27.1. The lowest BCUT2D eigenvalue weighted by Gasteiger charge is -2.37. The first-order chi connectivity index (χ1) is 18.2. The predicted molar refractivity (Wildman–Crippen MR) is 157 cm³/mol. The Kier molecular flexibility index (Phi) is 7.02. The SMILES string of the molecule is Cc1cccc(NC(=S)N2CCN(c3nc4c(c(=O)n(C)c(=O)n4C)n3Cc3ccccc3Cl)CC2)c1C. The van der Waals surface area contributed by atoms with Gasteiger partial charge in [0.05, 0.1) is 6.54 Å². The second-order valence-electron chi connectivity index (χ2n) is 9.62. The van der Waals surface area contributed by atoms with Crippen molar-refractivity contribution in [3.8, 4) is 0 Å². The molecule has 3 heterocycles. The molecular weight excluding hydrogens is 522 g/mol. The van der Waals surface area contributed by atoms with Gasteiger partial charge in [0.25, 0.3) is 5.56 Å². The first-order valence-corrected chi connectivity index (χ1v) is 13.2. The summed E-state index contributed by atoms with van der Waals surface area (Å²) in [5.74, 6) is 0.631. The van der Waals surface area contributed by atoms with Crippen molar-refractivity contribution < 1.29 is 0 Å². The molecule has 11 heteroatoms. The lowest BCUT2D eigenvalue weighted by Crippen LogP contribution is -2.50. The van der Waals surface area contributed by atoms with Crippen LogP contribution in [0.3, 0.4) is 0 Å². The summed E-state index contributed by atoms with van der Waals surface area (Å²) in [6.45, 7) is 7.18. The number of piperazine rings is 1. The molecule has 0 bridgehead atoms. The van der Waals surface area contributed by atoms with Gasteiger partial charge in [-0.25, -0.2) is 4.79 Å². The van der Waals surface area contributed by atoms with Crippen molar-refractivity contribution in [1.29, 1.82) is 0 Å². The van der Waals surface area contributed by atoms with E-state index in [2.05, 4.69) is 35.0 Å². The summed E-state index contributed by atoms with van der Waals surface area (Å²) in [4.78, 5) is 35.0. The van der Waals surface area contributed by atoms with Crippen molar-refractivity contribution in [3.63, 3.8) is 0 Å². The molecule has 0 saturated carbocycles. The van der Waals surface area contributed by atoms with E-state index in [0.717, 1.165) is 15.8 Å². The van der Waals surface area contributed by atoms with Crippen molar-refractivity contribution >= 4 is 51.7 Å². The van der Waals surface area contributed by atoms with Crippen LogP contribution in [-0.2, 0) is 20.6 Å². The quantitative estimate of drug-likeness (QED) is 0.390. The van der Waals surface area contributed by atoms with Crippen LogP contribution in [-0.4, -0.2) is 54.9 Å². The first kappa shape index (κ1) is 26.0. The summed E-state index contributed by atoms with van der Waals surface area (Å²) in [6, 6.07) is 13.7. The van der Waals surface area contributed by atoms with Crippen LogP contribution in [0.15, 0.2) is 52.1 Å². The molecule has 2 aromatic carbocycles. The number of nitrogens with one attached hydrogen (secondary N) is 1. The molecule has 4 aromatic rings. The zero-order valence-corrected chi connectivity index (χ0v) is 23.4. The molecule has 1 fully saturated rings. The number of aryl methyl sites for hydroxylation is 2. The lowest BCUT2D eigenvalue weighted by atomic mass is 10.1. The maximum Gasteiger partial charge on any atom is 0.332 e. The summed E-state index contributed by atoms with van der Waals surface area (Å²) >= 11 is 12.2. The maximum atomic E-state index is 13.3. The predicted octanol–water partition coefficient (Wildman–Crippen LogP) is 3.27. The molecule has 0 aliphatic carbocycles. The number of fused-ring (bicyclic) bond motifs is 1. The molecule has 0 unspecified atom stereocenters.